The minimum Gasteiger partial charge on any atom is -0.384 e. The molecule has 0 spiro atoms. The van der Waals surface area contributed by atoms with E-state index >= 15 is 0 Å². The molecule has 0 atom stereocenters. The van der Waals surface area contributed by atoms with E-state index in [0.29, 0.717) is 12.4 Å². The van der Waals surface area contributed by atoms with Crippen molar-refractivity contribution in [3.05, 3.63) is 71.5 Å². The maximum Gasteiger partial charge on any atom is 0.123 e. The van der Waals surface area contributed by atoms with E-state index < -0.39 is 0 Å². The molecule has 106 valence electrons. The second-order valence-electron chi connectivity index (χ2n) is 5.05. The van der Waals surface area contributed by atoms with Gasteiger partial charge < -0.3 is 5.73 Å². The number of nitrogens with zero attached hydrogens (tertiary/aromatic N) is 2. The van der Waals surface area contributed by atoms with E-state index in [-0.39, 0.29) is 5.82 Å². The molecule has 3 aromatic rings. The van der Waals surface area contributed by atoms with Crippen molar-refractivity contribution in [1.29, 1.82) is 0 Å². The van der Waals surface area contributed by atoms with Crippen LogP contribution in [0.15, 0.2) is 54.6 Å². The van der Waals surface area contributed by atoms with Crippen LogP contribution in [0, 0.1) is 12.7 Å². The summed E-state index contributed by atoms with van der Waals surface area (Å²) >= 11 is 0. The summed E-state index contributed by atoms with van der Waals surface area (Å²) in [6.07, 6.45) is 0. The first-order valence-corrected chi connectivity index (χ1v) is 6.77. The van der Waals surface area contributed by atoms with Crippen LogP contribution in [0.3, 0.4) is 0 Å². The summed E-state index contributed by atoms with van der Waals surface area (Å²) in [5.41, 5.74) is 10.1. The predicted molar refractivity (Wildman–Crippen MR) is 82.3 cm³/mol. The fraction of sp³-hybridized carbons (Fsp3) is 0.118. The van der Waals surface area contributed by atoms with Crippen LogP contribution in [-0.2, 0) is 6.54 Å². The molecule has 2 N–H and O–H groups in total. The van der Waals surface area contributed by atoms with E-state index in [1.165, 1.54) is 12.1 Å². The van der Waals surface area contributed by atoms with Crippen LogP contribution in [0.25, 0.3) is 11.3 Å². The monoisotopic (exact) mass is 281 g/mol. The van der Waals surface area contributed by atoms with Crippen LogP contribution in [-0.4, -0.2) is 9.78 Å². The number of halogens is 1. The van der Waals surface area contributed by atoms with Gasteiger partial charge in [0.25, 0.3) is 0 Å². The zero-order valence-corrected chi connectivity index (χ0v) is 11.8. The Morgan fingerprint density at radius 2 is 1.81 bits per heavy atom. The fourth-order valence-electron chi connectivity index (χ4n) is 2.31. The molecule has 0 unspecified atom stereocenters. The van der Waals surface area contributed by atoms with Gasteiger partial charge in [-0.2, -0.15) is 5.10 Å². The van der Waals surface area contributed by atoms with Gasteiger partial charge in [0, 0.05) is 11.6 Å². The number of nitrogen functional groups attached to an aromatic ring is 1. The van der Waals surface area contributed by atoms with Gasteiger partial charge in [-0.3, -0.25) is 0 Å². The largest absolute Gasteiger partial charge is 0.384 e. The number of nitrogens with two attached hydrogens (primary N) is 1. The van der Waals surface area contributed by atoms with Crippen molar-refractivity contribution in [2.24, 2.45) is 0 Å². The summed E-state index contributed by atoms with van der Waals surface area (Å²) in [4.78, 5) is 0. The highest BCUT2D eigenvalue weighted by Gasteiger charge is 2.09. The van der Waals surface area contributed by atoms with Crippen molar-refractivity contribution in [2.75, 3.05) is 5.73 Å². The first kappa shape index (κ1) is 13.4. The molecule has 0 aliphatic carbocycles. The second kappa shape index (κ2) is 5.40. The fourth-order valence-corrected chi connectivity index (χ4v) is 2.31. The van der Waals surface area contributed by atoms with Gasteiger partial charge in [-0.05, 0) is 30.2 Å². The summed E-state index contributed by atoms with van der Waals surface area (Å²) < 4.78 is 14.7. The molecule has 3 rings (SSSR count). The minimum atomic E-state index is -0.243. The summed E-state index contributed by atoms with van der Waals surface area (Å²) in [7, 11) is 0. The third-order valence-corrected chi connectivity index (χ3v) is 3.48. The van der Waals surface area contributed by atoms with E-state index in [9.17, 15) is 4.39 Å². The highest BCUT2D eigenvalue weighted by Crippen LogP contribution is 2.24. The molecule has 0 saturated heterocycles. The Bertz CT molecular complexity index is 760. The molecular weight excluding hydrogens is 265 g/mol. The third kappa shape index (κ3) is 2.79. The summed E-state index contributed by atoms with van der Waals surface area (Å²) in [5, 5.41) is 4.56. The van der Waals surface area contributed by atoms with Crippen LogP contribution in [0.5, 0.6) is 0 Å². The Morgan fingerprint density at radius 3 is 2.52 bits per heavy atom. The number of hydrogen-bond acceptors (Lipinski definition) is 2. The Balaban J connectivity index is 1.91. The zero-order valence-electron chi connectivity index (χ0n) is 11.8. The SMILES string of the molecule is Cc1ccccc1-c1cc(N)n(Cc2ccc(F)cc2)n1. The molecule has 0 bridgehead atoms. The van der Waals surface area contributed by atoms with Gasteiger partial charge in [0.15, 0.2) is 0 Å². The van der Waals surface area contributed by atoms with Gasteiger partial charge in [-0.1, -0.05) is 36.4 Å². The van der Waals surface area contributed by atoms with Crippen LogP contribution < -0.4 is 5.73 Å². The zero-order chi connectivity index (χ0) is 14.8. The van der Waals surface area contributed by atoms with Gasteiger partial charge in [0.2, 0.25) is 0 Å². The maximum atomic E-state index is 12.9. The van der Waals surface area contributed by atoms with E-state index in [4.69, 9.17) is 5.73 Å². The molecular formula is C17H16FN3. The normalized spacial score (nSPS) is 10.8. The molecule has 2 aromatic carbocycles. The molecule has 0 amide bonds. The minimum absolute atomic E-state index is 0.243. The van der Waals surface area contributed by atoms with Crippen LogP contribution >= 0.6 is 0 Å². The van der Waals surface area contributed by atoms with Crippen molar-refractivity contribution in [2.45, 2.75) is 13.5 Å². The van der Waals surface area contributed by atoms with Gasteiger partial charge in [-0.25, -0.2) is 9.07 Å². The summed E-state index contributed by atoms with van der Waals surface area (Å²) in [5.74, 6) is 0.352. The van der Waals surface area contributed by atoms with Crippen molar-refractivity contribution in [3.8, 4) is 11.3 Å². The van der Waals surface area contributed by atoms with Gasteiger partial charge in [0.05, 0.1) is 12.2 Å². The molecule has 4 heteroatoms. The first-order valence-electron chi connectivity index (χ1n) is 6.77. The summed E-state index contributed by atoms with van der Waals surface area (Å²) in [6, 6.07) is 16.3. The lowest BCUT2D eigenvalue weighted by atomic mass is 10.1. The number of anilines is 1. The molecule has 0 aliphatic rings. The topological polar surface area (TPSA) is 43.8 Å². The lowest BCUT2D eigenvalue weighted by Crippen LogP contribution is -2.05. The molecule has 0 radical (unpaired) electrons. The Morgan fingerprint density at radius 1 is 1.10 bits per heavy atom. The van der Waals surface area contributed by atoms with Gasteiger partial charge in [-0.15, -0.1) is 0 Å². The lowest BCUT2D eigenvalue weighted by Gasteiger charge is -2.04. The average molecular weight is 281 g/mol. The molecule has 1 heterocycles. The van der Waals surface area contributed by atoms with Crippen molar-refractivity contribution in [3.63, 3.8) is 0 Å². The summed E-state index contributed by atoms with van der Waals surface area (Å²) in [6.45, 7) is 2.57. The van der Waals surface area contributed by atoms with Crippen molar-refractivity contribution in [1.82, 2.24) is 9.78 Å². The van der Waals surface area contributed by atoms with Gasteiger partial charge in [0.1, 0.15) is 11.6 Å². The Hall–Kier alpha value is -2.62. The van der Waals surface area contributed by atoms with Crippen molar-refractivity contribution >= 4 is 5.82 Å². The lowest BCUT2D eigenvalue weighted by molar-refractivity contribution is 0.625. The highest BCUT2D eigenvalue weighted by molar-refractivity contribution is 5.65. The Kier molecular flexibility index (Phi) is 3.44. The predicted octanol–water partition coefficient (Wildman–Crippen LogP) is 3.63. The number of benzene rings is 2. The third-order valence-electron chi connectivity index (χ3n) is 3.48. The molecule has 0 saturated carbocycles. The molecule has 1 aromatic heterocycles. The van der Waals surface area contributed by atoms with E-state index in [0.717, 1.165) is 22.4 Å². The highest BCUT2D eigenvalue weighted by atomic mass is 19.1. The standard InChI is InChI=1S/C17H16FN3/c1-12-4-2-3-5-15(12)16-10-17(19)21(20-16)11-13-6-8-14(18)9-7-13/h2-10H,11,19H2,1H3. The Labute approximate surface area is 122 Å². The van der Waals surface area contributed by atoms with Crippen LogP contribution in [0.1, 0.15) is 11.1 Å². The second-order valence-corrected chi connectivity index (χ2v) is 5.05. The van der Waals surface area contributed by atoms with Gasteiger partial charge >= 0.3 is 0 Å². The quantitative estimate of drug-likeness (QED) is 0.796. The maximum absolute atomic E-state index is 12.9. The molecule has 21 heavy (non-hydrogen) atoms. The number of aromatic nitrogens is 2. The number of aryl methyl sites for hydroxylation is 1. The van der Waals surface area contributed by atoms with E-state index in [2.05, 4.69) is 5.10 Å². The van der Waals surface area contributed by atoms with Crippen LogP contribution in [0.2, 0.25) is 0 Å². The molecule has 3 nitrogen and oxygen atoms in total. The number of hydrogen-bond donors (Lipinski definition) is 1. The van der Waals surface area contributed by atoms with E-state index in [1.54, 1.807) is 16.8 Å². The van der Waals surface area contributed by atoms with E-state index in [1.807, 2.05) is 37.3 Å². The molecule has 0 aliphatic heterocycles. The van der Waals surface area contributed by atoms with Crippen LogP contribution in [0.4, 0.5) is 10.2 Å². The first-order chi connectivity index (χ1) is 10.1. The average Bonchev–Trinajstić information content (AvgIpc) is 2.83. The number of rotatable bonds is 3. The van der Waals surface area contributed by atoms with Crippen molar-refractivity contribution < 1.29 is 4.39 Å². The molecule has 0 fully saturated rings. The smallest absolute Gasteiger partial charge is 0.123 e.